The predicted octanol–water partition coefficient (Wildman–Crippen LogP) is 2.47. The maximum atomic E-state index is 12.3. The Morgan fingerprint density at radius 3 is 2.57 bits per heavy atom. The number of rotatable bonds is 3. The Balaban J connectivity index is 1.74. The molecule has 3 unspecified atom stereocenters. The van der Waals surface area contributed by atoms with Gasteiger partial charge < -0.3 is 5.32 Å². The van der Waals surface area contributed by atoms with E-state index in [1.54, 1.807) is 12.1 Å². The van der Waals surface area contributed by atoms with Crippen LogP contribution in [0.3, 0.4) is 0 Å². The van der Waals surface area contributed by atoms with E-state index in [1.807, 2.05) is 0 Å². The van der Waals surface area contributed by atoms with Gasteiger partial charge >= 0.3 is 0 Å². The molecule has 114 valence electrons. The van der Waals surface area contributed by atoms with Crippen molar-refractivity contribution in [3.05, 3.63) is 22.7 Å². The van der Waals surface area contributed by atoms with Crippen LogP contribution in [0.4, 0.5) is 5.69 Å². The lowest BCUT2D eigenvalue weighted by molar-refractivity contribution is -0.121. The minimum Gasteiger partial charge on any atom is -0.326 e. The highest BCUT2D eigenvalue weighted by molar-refractivity contribution is 9.10. The summed E-state index contributed by atoms with van der Waals surface area (Å²) < 4.78 is 23.0. The minimum absolute atomic E-state index is 0.0143. The van der Waals surface area contributed by atoms with Crippen LogP contribution in [0.2, 0.25) is 0 Å². The molecular weight excluding hydrogens is 356 g/mol. The Morgan fingerprint density at radius 1 is 1.29 bits per heavy atom. The number of nitrogens with two attached hydrogens (primary N) is 1. The lowest BCUT2D eigenvalue weighted by Gasteiger charge is -2.21. The highest BCUT2D eigenvalue weighted by atomic mass is 79.9. The fourth-order valence-corrected chi connectivity index (χ4v) is 5.25. The number of halogens is 1. The van der Waals surface area contributed by atoms with Crippen molar-refractivity contribution in [2.24, 2.45) is 22.9 Å². The van der Waals surface area contributed by atoms with Gasteiger partial charge in [0.15, 0.2) is 0 Å². The highest BCUT2D eigenvalue weighted by Crippen LogP contribution is 2.48. The van der Waals surface area contributed by atoms with Crippen LogP contribution in [-0.4, -0.2) is 14.3 Å². The highest BCUT2D eigenvalue weighted by Gasteiger charge is 2.43. The fourth-order valence-electron chi connectivity index (χ4n) is 3.61. The Bertz CT molecular complexity index is 689. The summed E-state index contributed by atoms with van der Waals surface area (Å²) in [7, 11) is -3.76. The second kappa shape index (κ2) is 5.37. The first-order valence-electron chi connectivity index (χ1n) is 6.98. The van der Waals surface area contributed by atoms with Crippen LogP contribution in [-0.2, 0) is 14.8 Å². The molecule has 1 aromatic rings. The van der Waals surface area contributed by atoms with Crippen molar-refractivity contribution in [1.29, 1.82) is 0 Å². The van der Waals surface area contributed by atoms with E-state index in [1.165, 1.54) is 18.9 Å². The summed E-state index contributed by atoms with van der Waals surface area (Å²) in [5.41, 5.74) is 0.585. The zero-order valence-corrected chi connectivity index (χ0v) is 13.8. The minimum atomic E-state index is -3.76. The molecule has 0 heterocycles. The molecule has 0 radical (unpaired) electrons. The number of sulfonamides is 1. The third kappa shape index (κ3) is 3.00. The Morgan fingerprint density at radius 2 is 2.05 bits per heavy atom. The van der Waals surface area contributed by atoms with E-state index in [2.05, 4.69) is 21.2 Å². The van der Waals surface area contributed by atoms with Crippen LogP contribution < -0.4 is 10.5 Å². The van der Waals surface area contributed by atoms with Gasteiger partial charge in [0.2, 0.25) is 15.9 Å². The van der Waals surface area contributed by atoms with Crippen LogP contribution in [0.25, 0.3) is 0 Å². The molecule has 3 rings (SSSR count). The first-order valence-corrected chi connectivity index (χ1v) is 9.32. The van der Waals surface area contributed by atoms with Gasteiger partial charge in [0.1, 0.15) is 0 Å². The van der Waals surface area contributed by atoms with Crippen molar-refractivity contribution < 1.29 is 13.2 Å². The van der Waals surface area contributed by atoms with Crippen molar-refractivity contribution in [3.8, 4) is 0 Å². The molecule has 2 aliphatic rings. The van der Waals surface area contributed by atoms with E-state index in [0.29, 0.717) is 22.0 Å². The number of hydrogen-bond acceptors (Lipinski definition) is 3. The van der Waals surface area contributed by atoms with Gasteiger partial charge in [0.05, 0.1) is 4.90 Å². The molecule has 7 heteroatoms. The second-order valence-corrected chi connectivity index (χ2v) is 8.34. The van der Waals surface area contributed by atoms with E-state index in [9.17, 15) is 13.2 Å². The number of benzene rings is 1. The lowest BCUT2D eigenvalue weighted by atomic mass is 9.88. The zero-order valence-electron chi connectivity index (χ0n) is 11.4. The van der Waals surface area contributed by atoms with Crippen molar-refractivity contribution in [3.63, 3.8) is 0 Å². The number of anilines is 1. The number of carbonyl (C=O) groups excluding carboxylic acids is 1. The van der Waals surface area contributed by atoms with Crippen LogP contribution in [0.15, 0.2) is 27.6 Å². The van der Waals surface area contributed by atoms with E-state index in [-0.39, 0.29) is 16.7 Å². The van der Waals surface area contributed by atoms with Crippen molar-refractivity contribution in [1.82, 2.24) is 0 Å². The van der Waals surface area contributed by atoms with Gasteiger partial charge in [-0.2, -0.15) is 0 Å². The molecule has 0 aliphatic heterocycles. The molecule has 0 aromatic heterocycles. The summed E-state index contributed by atoms with van der Waals surface area (Å²) >= 11 is 3.18. The topological polar surface area (TPSA) is 89.3 Å². The van der Waals surface area contributed by atoms with Crippen LogP contribution >= 0.6 is 15.9 Å². The van der Waals surface area contributed by atoms with Crippen LogP contribution in [0.5, 0.6) is 0 Å². The molecule has 3 atom stereocenters. The molecule has 21 heavy (non-hydrogen) atoms. The summed E-state index contributed by atoms with van der Waals surface area (Å²) in [6.07, 6.45) is 4.55. The van der Waals surface area contributed by atoms with Crippen molar-refractivity contribution in [2.45, 2.75) is 30.6 Å². The summed E-state index contributed by atoms with van der Waals surface area (Å²) in [6.45, 7) is 0. The molecule has 1 amide bonds. The molecule has 2 fully saturated rings. The summed E-state index contributed by atoms with van der Waals surface area (Å²) in [4.78, 5) is 12.3. The number of fused-ring (bicyclic) bond motifs is 2. The van der Waals surface area contributed by atoms with Gasteiger partial charge in [-0.3, -0.25) is 4.79 Å². The number of amides is 1. The van der Waals surface area contributed by atoms with E-state index in [4.69, 9.17) is 5.14 Å². The molecule has 2 aliphatic carbocycles. The summed E-state index contributed by atoms with van der Waals surface area (Å²) in [6, 6.07) is 4.54. The second-order valence-electron chi connectivity index (χ2n) is 5.96. The molecule has 2 saturated carbocycles. The number of nitrogens with one attached hydrogen (secondary N) is 1. The Kier molecular flexibility index (Phi) is 3.83. The molecule has 0 spiro atoms. The maximum absolute atomic E-state index is 12.3. The molecule has 2 bridgehead atoms. The average Bonchev–Trinajstić information content (AvgIpc) is 2.99. The molecule has 0 saturated heterocycles. The Labute approximate surface area is 132 Å². The molecule has 1 aromatic carbocycles. The van der Waals surface area contributed by atoms with E-state index in [0.717, 1.165) is 12.8 Å². The predicted molar refractivity (Wildman–Crippen MR) is 83.1 cm³/mol. The third-order valence-electron chi connectivity index (χ3n) is 4.58. The van der Waals surface area contributed by atoms with Crippen molar-refractivity contribution in [2.75, 3.05) is 5.32 Å². The number of primary sulfonamides is 1. The summed E-state index contributed by atoms with van der Waals surface area (Å²) in [5, 5.41) is 7.99. The SMILES string of the molecule is NS(=O)(=O)c1ccc(NC(=O)C2CC3CCC2C3)cc1Br. The monoisotopic (exact) mass is 372 g/mol. The third-order valence-corrected chi connectivity index (χ3v) is 6.47. The molecule has 3 N–H and O–H groups in total. The largest absolute Gasteiger partial charge is 0.326 e. The van der Waals surface area contributed by atoms with Crippen molar-refractivity contribution >= 4 is 37.5 Å². The molecule has 5 nitrogen and oxygen atoms in total. The van der Waals surface area contributed by atoms with E-state index >= 15 is 0 Å². The standard InChI is InChI=1S/C14H17BrN2O3S/c15-12-7-10(3-4-13(12)21(16,19)20)17-14(18)11-6-8-1-2-9(11)5-8/h3-4,7-9,11H,1-2,5-6H2,(H,17,18)(H2,16,19,20). The fraction of sp³-hybridized carbons (Fsp3) is 0.500. The first kappa shape index (κ1) is 15.0. The van der Waals surface area contributed by atoms with Gasteiger partial charge in [-0.1, -0.05) is 6.42 Å². The lowest BCUT2D eigenvalue weighted by Crippen LogP contribution is -2.27. The smallest absolute Gasteiger partial charge is 0.239 e. The van der Waals surface area contributed by atoms with Crippen LogP contribution in [0.1, 0.15) is 25.7 Å². The van der Waals surface area contributed by atoms with Gasteiger partial charge in [-0.25, -0.2) is 13.6 Å². The Hall–Kier alpha value is -0.920. The first-order chi connectivity index (χ1) is 9.84. The van der Waals surface area contributed by atoms with E-state index < -0.39 is 10.0 Å². The summed E-state index contributed by atoms with van der Waals surface area (Å²) in [5.74, 6) is 1.36. The van der Waals surface area contributed by atoms with Crippen LogP contribution in [0, 0.1) is 17.8 Å². The van der Waals surface area contributed by atoms with Gasteiger partial charge in [-0.15, -0.1) is 0 Å². The number of carbonyl (C=O) groups is 1. The number of hydrogen-bond donors (Lipinski definition) is 2. The average molecular weight is 373 g/mol. The van der Waals surface area contributed by atoms with Gasteiger partial charge in [0.25, 0.3) is 0 Å². The quantitative estimate of drug-likeness (QED) is 0.853. The molecular formula is C14H17BrN2O3S. The maximum Gasteiger partial charge on any atom is 0.239 e. The normalized spacial score (nSPS) is 27.8. The zero-order chi connectivity index (χ0) is 15.2. The van der Waals surface area contributed by atoms with Gasteiger partial charge in [0, 0.05) is 16.1 Å². The van der Waals surface area contributed by atoms with Gasteiger partial charge in [-0.05, 0) is 65.2 Å².